The van der Waals surface area contributed by atoms with Gasteiger partial charge in [0.2, 0.25) is 0 Å². The fourth-order valence-corrected chi connectivity index (χ4v) is 1.05. The monoisotopic (exact) mass is 260 g/mol. The molecule has 6 heteroatoms. The molecule has 18 heavy (non-hydrogen) atoms. The minimum absolute atomic E-state index is 0.126. The summed E-state index contributed by atoms with van der Waals surface area (Å²) in [5, 5.41) is 18.0. The van der Waals surface area contributed by atoms with E-state index in [2.05, 4.69) is 4.89 Å². The average molecular weight is 260 g/mol. The molecule has 0 aliphatic carbocycles. The van der Waals surface area contributed by atoms with Gasteiger partial charge in [0.1, 0.15) is 5.60 Å². The van der Waals surface area contributed by atoms with Crippen LogP contribution in [0, 0.1) is 0 Å². The van der Waals surface area contributed by atoms with Gasteiger partial charge in [-0.25, -0.2) is 9.59 Å². The smallest absolute Gasteiger partial charge is 0.375 e. The predicted molar refractivity (Wildman–Crippen MR) is 63.7 cm³/mol. The maximum Gasteiger partial charge on any atom is 0.375 e. The zero-order valence-electron chi connectivity index (χ0n) is 11.1. The first kappa shape index (κ1) is 16.4. The van der Waals surface area contributed by atoms with Crippen LogP contribution in [-0.2, 0) is 19.4 Å². The molecule has 0 aromatic carbocycles. The molecule has 104 valence electrons. The van der Waals surface area contributed by atoms with Gasteiger partial charge in [0.25, 0.3) is 5.76 Å². The van der Waals surface area contributed by atoms with Crippen LogP contribution < -0.4 is 0 Å². The molecule has 0 aromatic heterocycles. The molecule has 0 aliphatic rings. The van der Waals surface area contributed by atoms with E-state index >= 15 is 0 Å². The van der Waals surface area contributed by atoms with Crippen LogP contribution in [0.5, 0.6) is 0 Å². The van der Waals surface area contributed by atoms with Gasteiger partial charge in [-0.3, -0.25) is 0 Å². The van der Waals surface area contributed by atoms with Gasteiger partial charge in [0.15, 0.2) is 0 Å². The number of aliphatic carboxylic acids is 2. The summed E-state index contributed by atoms with van der Waals surface area (Å²) in [6.45, 7) is 6.88. The fraction of sp³-hybridized carbons (Fsp3) is 0.667. The first-order valence-electron chi connectivity index (χ1n) is 5.74. The lowest BCUT2D eigenvalue weighted by molar-refractivity contribution is -0.321. The van der Waals surface area contributed by atoms with Crippen LogP contribution in [-0.4, -0.2) is 27.8 Å². The quantitative estimate of drug-likeness (QED) is 0.316. The largest absolute Gasteiger partial charge is 0.478 e. The third-order valence-electron chi connectivity index (χ3n) is 1.88. The number of carbonyl (C=O) groups is 2. The summed E-state index contributed by atoms with van der Waals surface area (Å²) >= 11 is 0. The second kappa shape index (κ2) is 7.00. The van der Waals surface area contributed by atoms with Crippen molar-refractivity contribution in [2.45, 2.75) is 52.6 Å². The summed E-state index contributed by atoms with van der Waals surface area (Å²) < 4.78 is 0. The molecule has 0 aromatic rings. The lowest BCUT2D eigenvalue weighted by Crippen LogP contribution is -2.23. The Morgan fingerprint density at radius 2 is 1.67 bits per heavy atom. The van der Waals surface area contributed by atoms with Crippen molar-refractivity contribution in [3.63, 3.8) is 0 Å². The number of rotatable bonds is 7. The molecule has 0 bridgehead atoms. The normalized spacial score (nSPS) is 12.9. The number of hydrogen-bond donors (Lipinski definition) is 2. The molecule has 0 rings (SSSR count). The standard InChI is InChI=1S/C12H20O6/c1-5-6-7-8(10(13)14)9(11(15)16)17-18-12(2,3)4/h5-7H2,1-4H3,(H,13,14)(H,15,16). The van der Waals surface area contributed by atoms with Crippen molar-refractivity contribution in [2.75, 3.05) is 0 Å². The third kappa shape index (κ3) is 6.24. The first-order valence-corrected chi connectivity index (χ1v) is 5.74. The van der Waals surface area contributed by atoms with Crippen molar-refractivity contribution in [3.05, 3.63) is 11.3 Å². The van der Waals surface area contributed by atoms with Crippen molar-refractivity contribution in [2.24, 2.45) is 0 Å². The van der Waals surface area contributed by atoms with Gasteiger partial charge in [0.05, 0.1) is 5.57 Å². The lowest BCUT2D eigenvalue weighted by Gasteiger charge is -2.18. The second-order valence-corrected chi connectivity index (χ2v) is 4.80. The molecule has 6 nitrogen and oxygen atoms in total. The molecule has 0 saturated heterocycles. The highest BCUT2D eigenvalue weighted by molar-refractivity contribution is 5.97. The molecule has 0 atom stereocenters. The Hall–Kier alpha value is -1.56. The van der Waals surface area contributed by atoms with Gasteiger partial charge in [0, 0.05) is 0 Å². The van der Waals surface area contributed by atoms with Crippen LogP contribution in [0.15, 0.2) is 11.3 Å². The minimum Gasteiger partial charge on any atom is -0.478 e. The minimum atomic E-state index is -1.45. The maximum absolute atomic E-state index is 11.0. The Kier molecular flexibility index (Phi) is 6.40. The molecule has 0 saturated carbocycles. The lowest BCUT2D eigenvalue weighted by atomic mass is 10.1. The van der Waals surface area contributed by atoms with E-state index in [0.29, 0.717) is 6.42 Å². The average Bonchev–Trinajstić information content (AvgIpc) is 2.20. The van der Waals surface area contributed by atoms with Crippen molar-refractivity contribution in [1.82, 2.24) is 0 Å². The predicted octanol–water partition coefficient (Wildman–Crippen LogP) is 2.35. The van der Waals surface area contributed by atoms with E-state index in [1.54, 1.807) is 20.8 Å². The van der Waals surface area contributed by atoms with Crippen molar-refractivity contribution < 1.29 is 29.6 Å². The summed E-state index contributed by atoms with van der Waals surface area (Å²) in [6, 6.07) is 0. The molecular formula is C12H20O6. The third-order valence-corrected chi connectivity index (χ3v) is 1.88. The van der Waals surface area contributed by atoms with Crippen LogP contribution in [0.4, 0.5) is 0 Å². The van der Waals surface area contributed by atoms with Crippen LogP contribution in [0.1, 0.15) is 47.0 Å². The summed E-state index contributed by atoms with van der Waals surface area (Å²) in [5.74, 6) is -3.42. The Morgan fingerprint density at radius 3 is 2.00 bits per heavy atom. The molecular weight excluding hydrogens is 240 g/mol. The van der Waals surface area contributed by atoms with Crippen molar-refractivity contribution in [3.8, 4) is 0 Å². The topological polar surface area (TPSA) is 93.1 Å². The van der Waals surface area contributed by atoms with Gasteiger partial charge in [-0.05, 0) is 33.6 Å². The Morgan fingerprint density at radius 1 is 1.11 bits per heavy atom. The van der Waals surface area contributed by atoms with Gasteiger partial charge < -0.3 is 15.1 Å². The fourth-order valence-electron chi connectivity index (χ4n) is 1.05. The Bertz CT molecular complexity index is 337. The Balaban J connectivity index is 5.09. The maximum atomic E-state index is 11.0. The highest BCUT2D eigenvalue weighted by atomic mass is 17.2. The molecule has 0 aliphatic heterocycles. The van der Waals surface area contributed by atoms with Gasteiger partial charge in [-0.15, -0.1) is 0 Å². The van der Waals surface area contributed by atoms with E-state index in [1.165, 1.54) is 0 Å². The van der Waals surface area contributed by atoms with Crippen molar-refractivity contribution >= 4 is 11.9 Å². The van der Waals surface area contributed by atoms with Crippen molar-refractivity contribution in [1.29, 1.82) is 0 Å². The molecule has 0 amide bonds. The second-order valence-electron chi connectivity index (χ2n) is 4.80. The van der Waals surface area contributed by atoms with E-state index in [0.717, 1.165) is 6.42 Å². The summed E-state index contributed by atoms with van der Waals surface area (Å²) in [4.78, 5) is 31.6. The molecule has 0 unspecified atom stereocenters. The highest BCUT2D eigenvalue weighted by Crippen LogP contribution is 2.18. The molecule has 0 heterocycles. The number of hydrogen-bond acceptors (Lipinski definition) is 4. The molecule has 2 N–H and O–H groups in total. The summed E-state index contributed by atoms with van der Waals surface area (Å²) in [7, 11) is 0. The number of unbranched alkanes of at least 4 members (excludes halogenated alkanes) is 1. The van der Waals surface area contributed by atoms with Gasteiger partial charge in [-0.1, -0.05) is 13.3 Å². The zero-order valence-corrected chi connectivity index (χ0v) is 11.1. The number of carboxylic acids is 2. The zero-order chi connectivity index (χ0) is 14.3. The van der Waals surface area contributed by atoms with Crippen LogP contribution >= 0.6 is 0 Å². The number of carboxylic acid groups (broad SMARTS) is 2. The molecule has 0 fully saturated rings. The van der Waals surface area contributed by atoms with E-state index in [9.17, 15) is 9.59 Å². The highest BCUT2D eigenvalue weighted by Gasteiger charge is 2.25. The Labute approximate surface area is 106 Å². The molecule has 0 radical (unpaired) electrons. The summed E-state index contributed by atoms with van der Waals surface area (Å²) in [5.41, 5.74) is -1.01. The van der Waals surface area contributed by atoms with Crippen LogP contribution in [0.2, 0.25) is 0 Å². The van der Waals surface area contributed by atoms with E-state index in [-0.39, 0.29) is 12.0 Å². The van der Waals surface area contributed by atoms with E-state index < -0.39 is 23.3 Å². The van der Waals surface area contributed by atoms with Crippen LogP contribution in [0.25, 0.3) is 0 Å². The SMILES string of the molecule is CCCCC(C(=O)O)=C(OOC(C)(C)C)C(=O)O. The molecule has 0 spiro atoms. The van der Waals surface area contributed by atoms with Crippen LogP contribution in [0.3, 0.4) is 0 Å². The van der Waals surface area contributed by atoms with E-state index in [4.69, 9.17) is 15.1 Å². The summed E-state index contributed by atoms with van der Waals surface area (Å²) in [6.07, 6.45) is 1.45. The van der Waals surface area contributed by atoms with Gasteiger partial charge in [-0.2, -0.15) is 4.89 Å². The first-order chi connectivity index (χ1) is 8.19. The van der Waals surface area contributed by atoms with Gasteiger partial charge >= 0.3 is 11.9 Å². The van der Waals surface area contributed by atoms with E-state index in [1.807, 2.05) is 6.92 Å².